The van der Waals surface area contributed by atoms with Crippen molar-refractivity contribution >= 4 is 28.3 Å². The number of aryl methyl sites for hydroxylation is 1. The van der Waals surface area contributed by atoms with Crippen LogP contribution in [0.3, 0.4) is 0 Å². The van der Waals surface area contributed by atoms with E-state index in [0.717, 1.165) is 21.7 Å². The molecule has 36 heavy (non-hydrogen) atoms. The number of nitrogens with one attached hydrogen (secondary N) is 1. The van der Waals surface area contributed by atoms with E-state index in [1.807, 2.05) is 74.5 Å². The summed E-state index contributed by atoms with van der Waals surface area (Å²) in [7, 11) is 1.54. The van der Waals surface area contributed by atoms with Gasteiger partial charge in [-0.15, -0.1) is 10.2 Å². The topological polar surface area (TPSA) is 84.4 Å². The third kappa shape index (κ3) is 5.95. The van der Waals surface area contributed by atoms with E-state index in [1.165, 1.54) is 18.4 Å². The van der Waals surface area contributed by atoms with Crippen molar-refractivity contribution < 1.29 is 14.3 Å². The lowest BCUT2D eigenvalue weighted by Gasteiger charge is -2.30. The molecule has 3 aromatic carbocycles. The van der Waals surface area contributed by atoms with Crippen LogP contribution in [-0.4, -0.2) is 40.6 Å². The van der Waals surface area contributed by atoms with E-state index in [2.05, 4.69) is 15.5 Å². The zero-order chi connectivity index (χ0) is 25.5. The largest absolute Gasteiger partial charge is 0.496 e. The molecule has 0 saturated carbocycles. The predicted octanol–water partition coefficient (Wildman–Crippen LogP) is 5.75. The Hall–Kier alpha value is -4.04. The fourth-order valence-electron chi connectivity index (χ4n) is 3.85. The number of anilines is 1. The highest BCUT2D eigenvalue weighted by Crippen LogP contribution is 2.28. The normalized spacial score (nSPS) is 11.5. The van der Waals surface area contributed by atoms with Gasteiger partial charge in [0, 0.05) is 18.5 Å². The number of amides is 2. The first-order valence-electron chi connectivity index (χ1n) is 11.7. The maximum Gasteiger partial charge on any atom is 0.258 e. The van der Waals surface area contributed by atoms with Gasteiger partial charge in [-0.2, -0.15) is 0 Å². The molecule has 0 aliphatic heterocycles. The van der Waals surface area contributed by atoms with Crippen LogP contribution in [0, 0.1) is 6.92 Å². The maximum atomic E-state index is 13.6. The maximum absolute atomic E-state index is 13.6. The minimum absolute atomic E-state index is 0.109. The molecule has 0 unspecified atom stereocenters. The average molecular weight is 501 g/mol. The molecule has 1 heterocycles. The number of carbonyl (C=O) groups excluding carboxylic acids is 2. The molecule has 1 aromatic heterocycles. The molecule has 0 bridgehead atoms. The van der Waals surface area contributed by atoms with Crippen LogP contribution in [0.25, 0.3) is 10.6 Å². The lowest BCUT2D eigenvalue weighted by Crippen LogP contribution is -2.36. The summed E-state index contributed by atoms with van der Waals surface area (Å²) < 4.78 is 5.41. The summed E-state index contributed by atoms with van der Waals surface area (Å²) in [6.07, 6.45) is 0.109. The second-order valence-electron chi connectivity index (χ2n) is 8.36. The molecule has 0 saturated heterocycles. The Morgan fingerprint density at radius 3 is 2.39 bits per heavy atom. The van der Waals surface area contributed by atoms with Gasteiger partial charge in [0.2, 0.25) is 11.0 Å². The van der Waals surface area contributed by atoms with Gasteiger partial charge in [-0.1, -0.05) is 83.6 Å². The van der Waals surface area contributed by atoms with Gasteiger partial charge in [0.05, 0.1) is 18.7 Å². The van der Waals surface area contributed by atoms with E-state index in [-0.39, 0.29) is 30.8 Å². The zero-order valence-corrected chi connectivity index (χ0v) is 21.3. The van der Waals surface area contributed by atoms with Gasteiger partial charge in [0.15, 0.2) is 0 Å². The number of ether oxygens (including phenoxy) is 1. The highest BCUT2D eigenvalue weighted by atomic mass is 32.1. The fraction of sp³-hybridized carbons (Fsp3) is 0.214. The molecule has 0 radical (unpaired) electrons. The Morgan fingerprint density at radius 1 is 0.972 bits per heavy atom. The number of nitrogens with zero attached hydrogens (tertiary/aromatic N) is 3. The molecule has 0 spiro atoms. The molecule has 1 atom stereocenters. The summed E-state index contributed by atoms with van der Waals surface area (Å²) in [4.78, 5) is 28.1. The zero-order valence-electron chi connectivity index (χ0n) is 20.5. The monoisotopic (exact) mass is 500 g/mol. The molecule has 7 nitrogen and oxygen atoms in total. The smallest absolute Gasteiger partial charge is 0.258 e. The summed E-state index contributed by atoms with van der Waals surface area (Å²) in [6.45, 7) is 4.21. The molecular weight excluding hydrogens is 472 g/mol. The van der Waals surface area contributed by atoms with E-state index in [9.17, 15) is 9.59 Å². The molecule has 4 rings (SSSR count). The van der Waals surface area contributed by atoms with Gasteiger partial charge in [-0.3, -0.25) is 9.59 Å². The highest BCUT2D eigenvalue weighted by molar-refractivity contribution is 7.18. The van der Waals surface area contributed by atoms with E-state index >= 15 is 0 Å². The number of carbonyl (C=O) groups is 2. The molecular formula is C28H28N4O3S. The van der Waals surface area contributed by atoms with Crippen molar-refractivity contribution in [2.24, 2.45) is 0 Å². The van der Waals surface area contributed by atoms with Crippen molar-refractivity contribution in [2.75, 3.05) is 19.0 Å². The first-order valence-corrected chi connectivity index (χ1v) is 12.5. The van der Waals surface area contributed by atoms with Gasteiger partial charge in [-0.25, -0.2) is 0 Å². The Kier molecular flexibility index (Phi) is 8.07. The van der Waals surface area contributed by atoms with Crippen LogP contribution in [0.2, 0.25) is 0 Å². The first kappa shape index (κ1) is 25.1. The van der Waals surface area contributed by atoms with Crippen molar-refractivity contribution in [1.29, 1.82) is 0 Å². The lowest BCUT2D eigenvalue weighted by molar-refractivity contribution is -0.116. The van der Waals surface area contributed by atoms with E-state index in [0.29, 0.717) is 16.4 Å². The number of benzene rings is 3. The minimum atomic E-state index is -0.244. The molecule has 0 aliphatic carbocycles. The summed E-state index contributed by atoms with van der Waals surface area (Å²) in [6, 6.07) is 24.6. The quantitative estimate of drug-likeness (QED) is 0.316. The van der Waals surface area contributed by atoms with Gasteiger partial charge >= 0.3 is 0 Å². The predicted molar refractivity (Wildman–Crippen MR) is 142 cm³/mol. The fourth-order valence-corrected chi connectivity index (χ4v) is 4.61. The highest BCUT2D eigenvalue weighted by Gasteiger charge is 2.25. The second-order valence-corrected chi connectivity index (χ2v) is 9.34. The van der Waals surface area contributed by atoms with Crippen molar-refractivity contribution in [2.45, 2.75) is 26.3 Å². The number of aromatic nitrogens is 2. The third-order valence-corrected chi connectivity index (χ3v) is 6.79. The Balaban J connectivity index is 1.48. The van der Waals surface area contributed by atoms with Crippen LogP contribution in [0.15, 0.2) is 78.9 Å². The van der Waals surface area contributed by atoms with Crippen molar-refractivity contribution in [3.63, 3.8) is 0 Å². The Labute approximate surface area is 214 Å². The third-order valence-electron chi connectivity index (χ3n) is 5.90. The average Bonchev–Trinajstić information content (AvgIpc) is 3.37. The van der Waals surface area contributed by atoms with Crippen LogP contribution in [0.4, 0.5) is 5.13 Å². The lowest BCUT2D eigenvalue weighted by atomic mass is 10.0. The van der Waals surface area contributed by atoms with Crippen LogP contribution >= 0.6 is 11.3 Å². The molecule has 0 fully saturated rings. The van der Waals surface area contributed by atoms with Gasteiger partial charge < -0.3 is 15.0 Å². The van der Waals surface area contributed by atoms with Crippen LogP contribution in [-0.2, 0) is 4.79 Å². The number of hydrogen-bond acceptors (Lipinski definition) is 6. The molecule has 1 N–H and O–H groups in total. The van der Waals surface area contributed by atoms with E-state index in [4.69, 9.17) is 4.74 Å². The van der Waals surface area contributed by atoms with Crippen LogP contribution in [0.5, 0.6) is 5.75 Å². The van der Waals surface area contributed by atoms with E-state index < -0.39 is 0 Å². The van der Waals surface area contributed by atoms with Gasteiger partial charge in [-0.05, 0) is 31.5 Å². The van der Waals surface area contributed by atoms with Crippen LogP contribution < -0.4 is 10.1 Å². The second kappa shape index (κ2) is 11.6. The number of hydrogen-bond donors (Lipinski definition) is 1. The Morgan fingerprint density at radius 2 is 1.67 bits per heavy atom. The van der Waals surface area contributed by atoms with Gasteiger partial charge in [0.25, 0.3) is 5.91 Å². The standard InChI is InChI=1S/C28H28N4O3S/c1-19-13-15-22(16-14-19)26-30-31-28(36-26)29-25(33)17-18-32(20(2)21-9-5-4-6-10-21)27(34)23-11-7-8-12-24(23)35-3/h4-16,20H,17-18H2,1-3H3,(H,29,31,33)/t20-/m1/s1. The summed E-state index contributed by atoms with van der Waals surface area (Å²) >= 11 is 1.31. The minimum Gasteiger partial charge on any atom is -0.496 e. The van der Waals surface area contributed by atoms with Crippen molar-refractivity contribution in [3.8, 4) is 16.3 Å². The molecule has 4 aromatic rings. The Bertz CT molecular complexity index is 1320. The number of rotatable bonds is 9. The van der Waals surface area contributed by atoms with Gasteiger partial charge in [0.1, 0.15) is 10.8 Å². The van der Waals surface area contributed by atoms with Crippen molar-refractivity contribution in [1.82, 2.24) is 15.1 Å². The number of methoxy groups -OCH3 is 1. The number of para-hydroxylation sites is 1. The van der Waals surface area contributed by atoms with Crippen molar-refractivity contribution in [3.05, 3.63) is 95.6 Å². The van der Waals surface area contributed by atoms with Crippen LogP contribution in [0.1, 0.15) is 40.9 Å². The summed E-state index contributed by atoms with van der Waals surface area (Å²) in [5.74, 6) is 0.0589. The first-order chi connectivity index (χ1) is 17.5. The SMILES string of the molecule is COc1ccccc1C(=O)N(CCC(=O)Nc1nnc(-c2ccc(C)cc2)s1)[C@H](C)c1ccccc1. The van der Waals surface area contributed by atoms with E-state index in [1.54, 1.807) is 23.1 Å². The molecule has 8 heteroatoms. The summed E-state index contributed by atoms with van der Waals surface area (Å²) in [5, 5.41) is 12.3. The molecule has 0 aliphatic rings. The molecule has 184 valence electrons. The molecule has 2 amide bonds. The summed E-state index contributed by atoms with van der Waals surface area (Å²) in [5.41, 5.74) is 3.54.